The van der Waals surface area contributed by atoms with Crippen molar-refractivity contribution in [3.8, 4) is 5.75 Å². The average Bonchev–Trinajstić information content (AvgIpc) is 2.73. The highest BCUT2D eigenvalue weighted by molar-refractivity contribution is 5.30. The van der Waals surface area contributed by atoms with Crippen LogP contribution in [0.3, 0.4) is 0 Å². The van der Waals surface area contributed by atoms with Crippen LogP contribution in [0.5, 0.6) is 5.75 Å². The molecule has 0 saturated carbocycles. The molecule has 0 saturated heterocycles. The summed E-state index contributed by atoms with van der Waals surface area (Å²) >= 11 is 0. The van der Waals surface area contributed by atoms with E-state index >= 15 is 0 Å². The Bertz CT molecular complexity index is 492. The van der Waals surface area contributed by atoms with Crippen molar-refractivity contribution in [2.24, 2.45) is 5.73 Å². The SMILES string of the molecule is Cc1cc(COc2cccc([C@H](C)N)c2)no1. The van der Waals surface area contributed by atoms with Gasteiger partial charge in [-0.1, -0.05) is 17.3 Å². The highest BCUT2D eigenvalue weighted by atomic mass is 16.5. The van der Waals surface area contributed by atoms with Gasteiger partial charge in [0.1, 0.15) is 23.8 Å². The third kappa shape index (κ3) is 3.07. The lowest BCUT2D eigenvalue weighted by atomic mass is 10.1. The number of aryl methyl sites for hydroxylation is 1. The molecule has 1 aromatic carbocycles. The Morgan fingerprint density at radius 3 is 2.88 bits per heavy atom. The molecule has 0 unspecified atom stereocenters. The molecule has 1 aromatic heterocycles. The zero-order valence-corrected chi connectivity index (χ0v) is 10.0. The summed E-state index contributed by atoms with van der Waals surface area (Å²) in [6, 6.07) is 9.62. The lowest BCUT2D eigenvalue weighted by molar-refractivity contribution is 0.287. The predicted octanol–water partition coefficient (Wildman–Crippen LogP) is 2.58. The van der Waals surface area contributed by atoms with Crippen LogP contribution in [-0.2, 0) is 6.61 Å². The van der Waals surface area contributed by atoms with Gasteiger partial charge in [-0.25, -0.2) is 0 Å². The third-order valence-electron chi connectivity index (χ3n) is 2.45. The molecule has 4 heteroatoms. The molecule has 0 amide bonds. The van der Waals surface area contributed by atoms with Gasteiger partial charge < -0.3 is 15.0 Å². The van der Waals surface area contributed by atoms with Gasteiger partial charge in [0.15, 0.2) is 0 Å². The van der Waals surface area contributed by atoms with E-state index < -0.39 is 0 Å². The first-order valence-electron chi connectivity index (χ1n) is 5.55. The summed E-state index contributed by atoms with van der Waals surface area (Å²) in [5, 5.41) is 3.86. The summed E-state index contributed by atoms with van der Waals surface area (Å²) in [6.45, 7) is 4.20. The summed E-state index contributed by atoms with van der Waals surface area (Å²) in [5.74, 6) is 1.58. The summed E-state index contributed by atoms with van der Waals surface area (Å²) in [6.07, 6.45) is 0. The standard InChI is InChI=1S/C13H16N2O2/c1-9-6-12(15-17-9)8-16-13-5-3-4-11(7-13)10(2)14/h3-7,10H,8,14H2,1-2H3/t10-/m0/s1. The molecule has 1 heterocycles. The summed E-state index contributed by atoms with van der Waals surface area (Å²) in [7, 11) is 0. The molecule has 17 heavy (non-hydrogen) atoms. The average molecular weight is 232 g/mol. The smallest absolute Gasteiger partial charge is 0.134 e. The van der Waals surface area contributed by atoms with Gasteiger partial charge in [0.25, 0.3) is 0 Å². The van der Waals surface area contributed by atoms with E-state index in [1.165, 1.54) is 0 Å². The van der Waals surface area contributed by atoms with E-state index in [1.54, 1.807) is 0 Å². The van der Waals surface area contributed by atoms with Gasteiger partial charge in [-0.3, -0.25) is 0 Å². The van der Waals surface area contributed by atoms with Crippen LogP contribution >= 0.6 is 0 Å². The van der Waals surface area contributed by atoms with E-state index in [0.29, 0.717) is 6.61 Å². The first kappa shape index (κ1) is 11.7. The van der Waals surface area contributed by atoms with Crippen molar-refractivity contribution in [1.29, 1.82) is 0 Å². The van der Waals surface area contributed by atoms with Crippen LogP contribution in [0, 0.1) is 6.92 Å². The Labute approximate surface area is 100 Å². The molecule has 0 bridgehead atoms. The predicted molar refractivity (Wildman–Crippen MR) is 64.6 cm³/mol. The fourth-order valence-electron chi connectivity index (χ4n) is 1.53. The first-order valence-corrected chi connectivity index (χ1v) is 5.55. The van der Waals surface area contributed by atoms with Crippen LogP contribution in [0.25, 0.3) is 0 Å². The van der Waals surface area contributed by atoms with Crippen molar-refractivity contribution in [1.82, 2.24) is 5.16 Å². The van der Waals surface area contributed by atoms with Gasteiger partial charge in [0, 0.05) is 12.1 Å². The molecule has 0 aliphatic rings. The largest absolute Gasteiger partial charge is 0.487 e. The fraction of sp³-hybridized carbons (Fsp3) is 0.308. The van der Waals surface area contributed by atoms with E-state index in [9.17, 15) is 0 Å². The fourth-order valence-corrected chi connectivity index (χ4v) is 1.53. The monoisotopic (exact) mass is 232 g/mol. The topological polar surface area (TPSA) is 61.3 Å². The van der Waals surface area contributed by atoms with Crippen LogP contribution in [0.2, 0.25) is 0 Å². The molecule has 0 aliphatic heterocycles. The van der Waals surface area contributed by atoms with Crippen molar-refractivity contribution in [2.75, 3.05) is 0 Å². The summed E-state index contributed by atoms with van der Waals surface area (Å²) < 4.78 is 10.6. The Morgan fingerprint density at radius 1 is 1.41 bits per heavy atom. The number of nitrogens with zero attached hydrogens (tertiary/aromatic N) is 1. The molecule has 2 aromatic rings. The van der Waals surface area contributed by atoms with E-state index in [4.69, 9.17) is 15.0 Å². The Kier molecular flexibility index (Phi) is 3.44. The quantitative estimate of drug-likeness (QED) is 0.880. The number of rotatable bonds is 4. The van der Waals surface area contributed by atoms with Crippen LogP contribution in [0.4, 0.5) is 0 Å². The number of benzene rings is 1. The second-order valence-electron chi connectivity index (χ2n) is 4.08. The van der Waals surface area contributed by atoms with Gasteiger partial charge in [0.05, 0.1) is 0 Å². The molecule has 0 spiro atoms. The van der Waals surface area contributed by atoms with Gasteiger partial charge >= 0.3 is 0 Å². The van der Waals surface area contributed by atoms with Gasteiger partial charge in [-0.15, -0.1) is 0 Å². The summed E-state index contributed by atoms with van der Waals surface area (Å²) in [4.78, 5) is 0. The Morgan fingerprint density at radius 2 is 2.24 bits per heavy atom. The Balaban J connectivity index is 2.01. The number of nitrogens with two attached hydrogens (primary N) is 1. The third-order valence-corrected chi connectivity index (χ3v) is 2.45. The molecule has 90 valence electrons. The zero-order chi connectivity index (χ0) is 12.3. The van der Waals surface area contributed by atoms with E-state index in [1.807, 2.05) is 44.2 Å². The molecule has 0 radical (unpaired) electrons. The molecule has 2 N–H and O–H groups in total. The molecule has 1 atom stereocenters. The Hall–Kier alpha value is -1.81. The van der Waals surface area contributed by atoms with Crippen molar-refractivity contribution in [2.45, 2.75) is 26.5 Å². The van der Waals surface area contributed by atoms with Crippen molar-refractivity contribution < 1.29 is 9.26 Å². The van der Waals surface area contributed by atoms with Crippen LogP contribution in [-0.4, -0.2) is 5.16 Å². The van der Waals surface area contributed by atoms with Crippen LogP contribution < -0.4 is 10.5 Å². The highest BCUT2D eigenvalue weighted by Gasteiger charge is 2.03. The minimum Gasteiger partial charge on any atom is -0.487 e. The van der Waals surface area contributed by atoms with Crippen LogP contribution in [0.15, 0.2) is 34.9 Å². The zero-order valence-electron chi connectivity index (χ0n) is 10.0. The van der Waals surface area contributed by atoms with Gasteiger partial charge in [-0.2, -0.15) is 0 Å². The number of aromatic nitrogens is 1. The number of hydrogen-bond acceptors (Lipinski definition) is 4. The molecule has 2 rings (SSSR count). The lowest BCUT2D eigenvalue weighted by Gasteiger charge is -2.08. The maximum atomic E-state index is 5.81. The maximum absolute atomic E-state index is 5.81. The van der Waals surface area contributed by atoms with E-state index in [0.717, 1.165) is 22.8 Å². The first-order chi connectivity index (χ1) is 8.15. The van der Waals surface area contributed by atoms with Gasteiger partial charge in [0.2, 0.25) is 0 Å². The minimum atomic E-state index is 0.00726. The highest BCUT2D eigenvalue weighted by Crippen LogP contribution is 2.18. The van der Waals surface area contributed by atoms with E-state index in [2.05, 4.69) is 5.16 Å². The second kappa shape index (κ2) is 5.01. The van der Waals surface area contributed by atoms with Crippen LogP contribution in [0.1, 0.15) is 30.0 Å². The molecule has 0 fully saturated rings. The van der Waals surface area contributed by atoms with E-state index in [-0.39, 0.29) is 6.04 Å². The molecule has 0 aliphatic carbocycles. The van der Waals surface area contributed by atoms with Crippen molar-refractivity contribution in [3.63, 3.8) is 0 Å². The van der Waals surface area contributed by atoms with Crippen molar-refractivity contribution >= 4 is 0 Å². The number of ether oxygens (including phenoxy) is 1. The van der Waals surface area contributed by atoms with Gasteiger partial charge in [-0.05, 0) is 31.5 Å². The lowest BCUT2D eigenvalue weighted by Crippen LogP contribution is -2.05. The second-order valence-corrected chi connectivity index (χ2v) is 4.08. The minimum absolute atomic E-state index is 0.00726. The maximum Gasteiger partial charge on any atom is 0.134 e. The molecular weight excluding hydrogens is 216 g/mol. The summed E-state index contributed by atoms with van der Waals surface area (Å²) in [5.41, 5.74) is 7.65. The number of hydrogen-bond donors (Lipinski definition) is 1. The molecule has 4 nitrogen and oxygen atoms in total. The molecular formula is C13H16N2O2. The van der Waals surface area contributed by atoms with Crippen molar-refractivity contribution in [3.05, 3.63) is 47.3 Å². The normalized spacial score (nSPS) is 12.4.